The van der Waals surface area contributed by atoms with Crippen LogP contribution in [0.25, 0.3) is 10.9 Å². The van der Waals surface area contributed by atoms with E-state index in [-0.39, 0.29) is 0 Å². The van der Waals surface area contributed by atoms with Crippen molar-refractivity contribution in [1.29, 1.82) is 0 Å². The number of hydrogen-bond donors (Lipinski definition) is 2. The fourth-order valence-corrected chi connectivity index (χ4v) is 1.91. The maximum Gasteiger partial charge on any atom is 0.231 e. The smallest absolute Gasteiger partial charge is 0.231 e. The van der Waals surface area contributed by atoms with E-state index in [0.717, 1.165) is 23.6 Å². The number of rotatable bonds is 2. The van der Waals surface area contributed by atoms with Gasteiger partial charge in [0, 0.05) is 29.7 Å². The van der Waals surface area contributed by atoms with Crippen LogP contribution in [0.4, 0.5) is 0 Å². The molecule has 0 aliphatic carbocycles. The molecule has 4 heteroatoms. The maximum absolute atomic E-state index is 5.35. The molecule has 2 N–H and O–H groups in total. The van der Waals surface area contributed by atoms with E-state index in [1.165, 1.54) is 10.9 Å². The van der Waals surface area contributed by atoms with Crippen LogP contribution < -0.4 is 14.8 Å². The predicted octanol–water partition coefficient (Wildman–Crippen LogP) is 1.62. The molecule has 2 aromatic rings. The largest absolute Gasteiger partial charge is 0.454 e. The Kier molecular flexibility index (Phi) is 1.82. The number of benzene rings is 1. The lowest BCUT2D eigenvalue weighted by atomic mass is 10.1. The Labute approximate surface area is 87.2 Å². The van der Waals surface area contributed by atoms with Gasteiger partial charge in [0.1, 0.15) is 0 Å². The van der Waals surface area contributed by atoms with Crippen molar-refractivity contribution in [3.8, 4) is 11.5 Å². The van der Waals surface area contributed by atoms with Gasteiger partial charge >= 0.3 is 0 Å². The van der Waals surface area contributed by atoms with Crippen molar-refractivity contribution in [2.45, 2.75) is 6.54 Å². The molecule has 0 unspecified atom stereocenters. The Morgan fingerprint density at radius 1 is 1.33 bits per heavy atom. The molecule has 0 amide bonds. The zero-order chi connectivity index (χ0) is 10.3. The van der Waals surface area contributed by atoms with Crippen molar-refractivity contribution in [3.05, 3.63) is 23.9 Å². The van der Waals surface area contributed by atoms with E-state index in [4.69, 9.17) is 9.47 Å². The normalized spacial score (nSPS) is 13.7. The third-order valence-corrected chi connectivity index (χ3v) is 2.63. The van der Waals surface area contributed by atoms with E-state index >= 15 is 0 Å². The molecule has 78 valence electrons. The highest BCUT2D eigenvalue weighted by Gasteiger charge is 2.15. The lowest BCUT2D eigenvalue weighted by Gasteiger charge is -1.99. The van der Waals surface area contributed by atoms with Crippen molar-refractivity contribution in [2.24, 2.45) is 0 Å². The molecule has 0 spiro atoms. The first-order chi connectivity index (χ1) is 7.38. The molecule has 1 aromatic heterocycles. The van der Waals surface area contributed by atoms with Crippen LogP contribution in [0, 0.1) is 0 Å². The average Bonchev–Trinajstić information content (AvgIpc) is 2.82. The first kappa shape index (κ1) is 8.61. The Balaban J connectivity index is 2.18. The molecule has 1 aromatic carbocycles. The van der Waals surface area contributed by atoms with Crippen LogP contribution in [-0.4, -0.2) is 18.8 Å². The van der Waals surface area contributed by atoms with Crippen molar-refractivity contribution in [1.82, 2.24) is 10.3 Å². The lowest BCUT2D eigenvalue weighted by molar-refractivity contribution is 0.174. The first-order valence-electron chi connectivity index (χ1n) is 4.92. The van der Waals surface area contributed by atoms with E-state index in [2.05, 4.69) is 10.3 Å². The summed E-state index contributed by atoms with van der Waals surface area (Å²) in [5.74, 6) is 1.65. The lowest BCUT2D eigenvalue weighted by Crippen LogP contribution is -2.03. The molecule has 0 saturated heterocycles. The van der Waals surface area contributed by atoms with E-state index in [9.17, 15) is 0 Å². The summed E-state index contributed by atoms with van der Waals surface area (Å²) in [5.41, 5.74) is 2.33. The molecule has 4 nitrogen and oxygen atoms in total. The van der Waals surface area contributed by atoms with Crippen LogP contribution in [0.1, 0.15) is 5.56 Å². The van der Waals surface area contributed by atoms with Gasteiger partial charge in [0.25, 0.3) is 0 Å². The highest BCUT2D eigenvalue weighted by atomic mass is 16.7. The summed E-state index contributed by atoms with van der Waals surface area (Å²) in [5, 5.41) is 4.33. The Bertz CT molecular complexity index is 505. The predicted molar refractivity (Wildman–Crippen MR) is 57.2 cm³/mol. The Morgan fingerprint density at radius 2 is 2.13 bits per heavy atom. The van der Waals surface area contributed by atoms with E-state index in [1.807, 2.05) is 25.4 Å². The minimum absolute atomic E-state index is 0.323. The second-order valence-electron chi connectivity index (χ2n) is 3.60. The van der Waals surface area contributed by atoms with E-state index in [1.54, 1.807) is 0 Å². The first-order valence-corrected chi connectivity index (χ1v) is 4.92. The summed E-state index contributed by atoms with van der Waals surface area (Å²) in [4.78, 5) is 3.23. The zero-order valence-electron chi connectivity index (χ0n) is 8.46. The summed E-state index contributed by atoms with van der Waals surface area (Å²) < 4.78 is 10.7. The number of hydrogen-bond acceptors (Lipinski definition) is 3. The molecule has 0 bridgehead atoms. The molecule has 1 aliphatic rings. The summed E-state index contributed by atoms with van der Waals surface area (Å²) in [6, 6.07) is 4.01. The molecule has 1 aliphatic heterocycles. The van der Waals surface area contributed by atoms with Gasteiger partial charge in [0.15, 0.2) is 11.5 Å². The van der Waals surface area contributed by atoms with Crippen LogP contribution in [0.3, 0.4) is 0 Å². The van der Waals surface area contributed by atoms with Gasteiger partial charge in [-0.25, -0.2) is 0 Å². The van der Waals surface area contributed by atoms with Crippen LogP contribution in [-0.2, 0) is 6.54 Å². The maximum atomic E-state index is 5.35. The third-order valence-electron chi connectivity index (χ3n) is 2.63. The molecular formula is C11H12N2O2. The highest BCUT2D eigenvalue weighted by Crippen LogP contribution is 2.36. The molecule has 2 heterocycles. The van der Waals surface area contributed by atoms with Crippen molar-refractivity contribution >= 4 is 10.9 Å². The van der Waals surface area contributed by atoms with Gasteiger partial charge in [0.2, 0.25) is 6.79 Å². The number of ether oxygens (including phenoxy) is 2. The topological polar surface area (TPSA) is 46.3 Å². The molecule has 0 saturated carbocycles. The van der Waals surface area contributed by atoms with Crippen LogP contribution in [0.15, 0.2) is 18.3 Å². The van der Waals surface area contributed by atoms with Gasteiger partial charge in [-0.3, -0.25) is 0 Å². The van der Waals surface area contributed by atoms with Gasteiger partial charge in [-0.2, -0.15) is 0 Å². The van der Waals surface area contributed by atoms with Gasteiger partial charge in [-0.15, -0.1) is 0 Å². The Morgan fingerprint density at radius 3 is 2.93 bits per heavy atom. The molecule has 15 heavy (non-hydrogen) atoms. The molecule has 0 fully saturated rings. The zero-order valence-corrected chi connectivity index (χ0v) is 8.46. The Hall–Kier alpha value is -1.68. The van der Waals surface area contributed by atoms with Gasteiger partial charge in [0.05, 0.1) is 0 Å². The molecule has 0 atom stereocenters. The number of H-pyrrole nitrogens is 1. The molecule has 3 rings (SSSR count). The minimum Gasteiger partial charge on any atom is -0.454 e. The minimum atomic E-state index is 0.323. The SMILES string of the molecule is CNCc1c[nH]c2cc3c(cc12)OCO3. The highest BCUT2D eigenvalue weighted by molar-refractivity contribution is 5.86. The number of fused-ring (bicyclic) bond motifs is 2. The fraction of sp³-hybridized carbons (Fsp3) is 0.273. The monoisotopic (exact) mass is 204 g/mol. The number of aromatic nitrogens is 1. The summed E-state index contributed by atoms with van der Waals surface area (Å²) in [6.45, 7) is 1.17. The van der Waals surface area contributed by atoms with Crippen molar-refractivity contribution in [3.63, 3.8) is 0 Å². The quantitative estimate of drug-likeness (QED) is 0.781. The molecule has 0 radical (unpaired) electrons. The second-order valence-corrected chi connectivity index (χ2v) is 3.60. The second kappa shape index (κ2) is 3.17. The fourth-order valence-electron chi connectivity index (χ4n) is 1.91. The standard InChI is InChI=1S/C11H12N2O2/c1-12-4-7-5-13-9-3-11-10(2-8(7)9)14-6-15-11/h2-3,5,12-13H,4,6H2,1H3. The summed E-state index contributed by atoms with van der Waals surface area (Å²) in [7, 11) is 1.94. The van der Waals surface area contributed by atoms with Crippen molar-refractivity contribution in [2.75, 3.05) is 13.8 Å². The summed E-state index contributed by atoms with van der Waals surface area (Å²) >= 11 is 0. The van der Waals surface area contributed by atoms with Gasteiger partial charge < -0.3 is 19.8 Å². The summed E-state index contributed by atoms with van der Waals surface area (Å²) in [6.07, 6.45) is 2.01. The number of nitrogens with one attached hydrogen (secondary N) is 2. The van der Waals surface area contributed by atoms with E-state index < -0.39 is 0 Å². The van der Waals surface area contributed by atoms with Crippen LogP contribution in [0.5, 0.6) is 11.5 Å². The third kappa shape index (κ3) is 1.26. The van der Waals surface area contributed by atoms with Gasteiger partial charge in [-0.05, 0) is 18.7 Å². The van der Waals surface area contributed by atoms with Crippen molar-refractivity contribution < 1.29 is 9.47 Å². The number of aromatic amines is 1. The average molecular weight is 204 g/mol. The van der Waals surface area contributed by atoms with Crippen LogP contribution in [0.2, 0.25) is 0 Å². The van der Waals surface area contributed by atoms with E-state index in [0.29, 0.717) is 6.79 Å². The van der Waals surface area contributed by atoms with Crippen LogP contribution >= 0.6 is 0 Å². The molecular weight excluding hydrogens is 192 g/mol. The van der Waals surface area contributed by atoms with Gasteiger partial charge in [-0.1, -0.05) is 0 Å².